The largest absolute Gasteiger partial charge is 0.462 e. The molecule has 54 heavy (non-hydrogen) atoms. The summed E-state index contributed by atoms with van der Waals surface area (Å²) in [5.74, 6) is 1.54. The summed E-state index contributed by atoms with van der Waals surface area (Å²) in [6.07, 6.45) is 36.7. The summed E-state index contributed by atoms with van der Waals surface area (Å²) in [6, 6.07) is 0. The molecule has 0 aliphatic rings. The highest BCUT2D eigenvalue weighted by Crippen LogP contribution is 2.17. The molecule has 0 rings (SSSR count). The Kier molecular flexibility index (Phi) is 38.5. The smallest absolute Gasteiger partial charge is 0.306 e. The standard InChI is InChI=1S/C48H92O6/c1-42(2)34-28-22-16-12-9-7-8-10-14-19-27-33-39-48(51)54-45(41-53-47(50)38-32-26-21-20-24-30-36-44(5)6)40-52-46(49)37-31-25-18-15-11-13-17-23-29-35-43(3)4/h42-45H,7-41H2,1-6H3/t45-/m1/s1. The van der Waals surface area contributed by atoms with Crippen molar-refractivity contribution in [3.8, 4) is 0 Å². The van der Waals surface area contributed by atoms with E-state index in [2.05, 4.69) is 41.5 Å². The fourth-order valence-electron chi connectivity index (χ4n) is 7.06. The van der Waals surface area contributed by atoms with E-state index in [4.69, 9.17) is 14.2 Å². The number of esters is 3. The molecular formula is C48H92O6. The molecule has 0 amide bonds. The third-order valence-electron chi connectivity index (χ3n) is 10.6. The van der Waals surface area contributed by atoms with E-state index in [1.54, 1.807) is 0 Å². The summed E-state index contributed by atoms with van der Waals surface area (Å²) in [4.78, 5) is 37.7. The summed E-state index contributed by atoms with van der Waals surface area (Å²) >= 11 is 0. The van der Waals surface area contributed by atoms with Crippen LogP contribution in [0.1, 0.15) is 253 Å². The zero-order valence-electron chi connectivity index (χ0n) is 37.0. The number of rotatable bonds is 41. The van der Waals surface area contributed by atoms with Crippen molar-refractivity contribution in [1.29, 1.82) is 0 Å². The average Bonchev–Trinajstić information content (AvgIpc) is 3.12. The predicted molar refractivity (Wildman–Crippen MR) is 229 cm³/mol. The van der Waals surface area contributed by atoms with Crippen LogP contribution in [-0.4, -0.2) is 37.2 Å². The molecular weight excluding hydrogens is 673 g/mol. The lowest BCUT2D eigenvalue weighted by molar-refractivity contribution is -0.167. The summed E-state index contributed by atoms with van der Waals surface area (Å²) in [6.45, 7) is 13.6. The quantitative estimate of drug-likeness (QED) is 0.0350. The van der Waals surface area contributed by atoms with Gasteiger partial charge in [0, 0.05) is 19.3 Å². The molecule has 0 aliphatic heterocycles. The Morgan fingerprint density at radius 1 is 0.315 bits per heavy atom. The van der Waals surface area contributed by atoms with Crippen LogP contribution in [0, 0.1) is 17.8 Å². The van der Waals surface area contributed by atoms with E-state index in [-0.39, 0.29) is 31.1 Å². The van der Waals surface area contributed by atoms with Crippen LogP contribution in [0.25, 0.3) is 0 Å². The molecule has 0 radical (unpaired) electrons. The first kappa shape index (κ1) is 52.4. The molecule has 0 aromatic heterocycles. The van der Waals surface area contributed by atoms with Crippen molar-refractivity contribution >= 4 is 17.9 Å². The van der Waals surface area contributed by atoms with Gasteiger partial charge in [0.2, 0.25) is 0 Å². The van der Waals surface area contributed by atoms with E-state index in [1.165, 1.54) is 135 Å². The first-order valence-electron chi connectivity index (χ1n) is 23.6. The Bertz CT molecular complexity index is 837. The van der Waals surface area contributed by atoms with E-state index in [1.807, 2.05) is 0 Å². The molecule has 320 valence electrons. The second kappa shape index (κ2) is 39.6. The van der Waals surface area contributed by atoms with Gasteiger partial charge in [0.15, 0.2) is 6.10 Å². The molecule has 6 heteroatoms. The van der Waals surface area contributed by atoms with Gasteiger partial charge in [0.1, 0.15) is 13.2 Å². The topological polar surface area (TPSA) is 78.9 Å². The predicted octanol–water partition coefficient (Wildman–Crippen LogP) is 14.8. The number of ether oxygens (including phenoxy) is 3. The number of carbonyl (C=O) groups excluding carboxylic acids is 3. The minimum Gasteiger partial charge on any atom is -0.462 e. The SMILES string of the molecule is CC(C)CCCCCCCCCCCCCCC(=O)O[C@H](COC(=O)CCCCCCCCCCCC(C)C)COC(=O)CCCCCCCCC(C)C. The maximum Gasteiger partial charge on any atom is 0.306 e. The summed E-state index contributed by atoms with van der Waals surface area (Å²) in [7, 11) is 0. The first-order chi connectivity index (χ1) is 26.1. The van der Waals surface area contributed by atoms with Crippen molar-refractivity contribution in [2.45, 2.75) is 260 Å². The molecule has 0 saturated heterocycles. The van der Waals surface area contributed by atoms with Crippen LogP contribution < -0.4 is 0 Å². The lowest BCUT2D eigenvalue weighted by atomic mass is 10.0. The first-order valence-corrected chi connectivity index (χ1v) is 23.6. The fourth-order valence-corrected chi connectivity index (χ4v) is 7.06. The van der Waals surface area contributed by atoms with Crippen LogP contribution >= 0.6 is 0 Å². The third kappa shape index (κ3) is 41.6. The lowest BCUT2D eigenvalue weighted by Gasteiger charge is -2.18. The Hall–Kier alpha value is -1.59. The van der Waals surface area contributed by atoms with Crippen LogP contribution in [0.3, 0.4) is 0 Å². The van der Waals surface area contributed by atoms with Crippen molar-refractivity contribution in [2.24, 2.45) is 17.8 Å². The highest BCUT2D eigenvalue weighted by Gasteiger charge is 2.19. The van der Waals surface area contributed by atoms with Crippen molar-refractivity contribution in [1.82, 2.24) is 0 Å². The van der Waals surface area contributed by atoms with Gasteiger partial charge < -0.3 is 14.2 Å². The highest BCUT2D eigenvalue weighted by molar-refractivity contribution is 5.71. The molecule has 0 bridgehead atoms. The van der Waals surface area contributed by atoms with Gasteiger partial charge in [-0.2, -0.15) is 0 Å². The van der Waals surface area contributed by atoms with E-state index < -0.39 is 6.10 Å². The van der Waals surface area contributed by atoms with Crippen molar-refractivity contribution in [2.75, 3.05) is 13.2 Å². The van der Waals surface area contributed by atoms with Crippen LogP contribution in [-0.2, 0) is 28.6 Å². The molecule has 0 fully saturated rings. The van der Waals surface area contributed by atoms with Gasteiger partial charge in [0.25, 0.3) is 0 Å². The minimum atomic E-state index is -0.762. The molecule has 0 aromatic rings. The summed E-state index contributed by atoms with van der Waals surface area (Å²) < 4.78 is 16.7. The van der Waals surface area contributed by atoms with Gasteiger partial charge in [-0.1, -0.05) is 215 Å². The molecule has 0 aromatic carbocycles. The van der Waals surface area contributed by atoms with Gasteiger partial charge in [0.05, 0.1) is 0 Å². The average molecular weight is 765 g/mol. The minimum absolute atomic E-state index is 0.0665. The van der Waals surface area contributed by atoms with Crippen molar-refractivity contribution in [3.05, 3.63) is 0 Å². The number of hydrogen-bond acceptors (Lipinski definition) is 6. The zero-order valence-corrected chi connectivity index (χ0v) is 37.0. The Morgan fingerprint density at radius 3 is 0.796 bits per heavy atom. The second-order valence-corrected chi connectivity index (χ2v) is 17.8. The monoisotopic (exact) mass is 765 g/mol. The van der Waals surface area contributed by atoms with Crippen LogP contribution in [0.15, 0.2) is 0 Å². The van der Waals surface area contributed by atoms with E-state index in [9.17, 15) is 14.4 Å². The van der Waals surface area contributed by atoms with Crippen molar-refractivity contribution in [3.63, 3.8) is 0 Å². The number of carbonyl (C=O) groups is 3. The maximum atomic E-state index is 12.7. The fraction of sp³-hybridized carbons (Fsp3) is 0.938. The molecule has 0 saturated carbocycles. The Morgan fingerprint density at radius 2 is 0.537 bits per heavy atom. The number of hydrogen-bond donors (Lipinski definition) is 0. The summed E-state index contributed by atoms with van der Waals surface area (Å²) in [5.41, 5.74) is 0. The molecule has 6 nitrogen and oxygen atoms in total. The molecule has 0 heterocycles. The van der Waals surface area contributed by atoms with Gasteiger partial charge in [-0.05, 0) is 37.0 Å². The Balaban J connectivity index is 4.31. The van der Waals surface area contributed by atoms with E-state index in [0.717, 1.165) is 75.5 Å². The molecule has 0 N–H and O–H groups in total. The van der Waals surface area contributed by atoms with Gasteiger partial charge in [-0.25, -0.2) is 0 Å². The maximum absolute atomic E-state index is 12.7. The summed E-state index contributed by atoms with van der Waals surface area (Å²) in [5, 5.41) is 0. The van der Waals surface area contributed by atoms with E-state index in [0.29, 0.717) is 19.3 Å². The van der Waals surface area contributed by atoms with Crippen molar-refractivity contribution < 1.29 is 28.6 Å². The highest BCUT2D eigenvalue weighted by atomic mass is 16.6. The zero-order chi connectivity index (χ0) is 39.9. The lowest BCUT2D eigenvalue weighted by Crippen LogP contribution is -2.30. The normalized spacial score (nSPS) is 12.2. The second-order valence-electron chi connectivity index (χ2n) is 17.8. The van der Waals surface area contributed by atoms with Crippen LogP contribution in [0.5, 0.6) is 0 Å². The number of unbranched alkanes of at least 4 members (excludes halogenated alkanes) is 24. The molecule has 0 unspecified atom stereocenters. The molecule has 0 aliphatic carbocycles. The Labute approximate surface area is 336 Å². The molecule has 0 spiro atoms. The van der Waals surface area contributed by atoms with E-state index >= 15 is 0 Å². The third-order valence-corrected chi connectivity index (χ3v) is 10.6. The van der Waals surface area contributed by atoms with Crippen LogP contribution in [0.2, 0.25) is 0 Å². The molecule has 1 atom stereocenters. The van der Waals surface area contributed by atoms with Crippen LogP contribution in [0.4, 0.5) is 0 Å². The van der Waals surface area contributed by atoms with Gasteiger partial charge in [-0.15, -0.1) is 0 Å². The van der Waals surface area contributed by atoms with Gasteiger partial charge in [-0.3, -0.25) is 14.4 Å². The van der Waals surface area contributed by atoms with Gasteiger partial charge >= 0.3 is 17.9 Å².